The third kappa shape index (κ3) is 6.03. The van der Waals surface area contributed by atoms with Gasteiger partial charge in [-0.1, -0.05) is 6.08 Å². The molecule has 0 aromatic rings. The highest BCUT2D eigenvalue weighted by Gasteiger charge is 2.05. The maximum absolute atomic E-state index is 10.6. The predicted octanol–water partition coefficient (Wildman–Crippen LogP) is 0.611. The van der Waals surface area contributed by atoms with Gasteiger partial charge in [0, 0.05) is 20.0 Å². The zero-order chi connectivity index (χ0) is 11.7. The number of carboxylic acid groups (broad SMARTS) is 1. The summed E-state index contributed by atoms with van der Waals surface area (Å²) in [5.74, 6) is -1.13. The molecule has 0 atom stereocenters. The van der Waals surface area contributed by atoms with E-state index in [9.17, 15) is 4.79 Å². The first-order chi connectivity index (χ1) is 7.11. The monoisotopic (exact) mass is 210 g/mol. The summed E-state index contributed by atoms with van der Waals surface area (Å²) in [6.45, 7) is 4.99. The molecular formula is C9H14N4O2. The van der Waals surface area contributed by atoms with Crippen molar-refractivity contribution in [1.82, 2.24) is 10.4 Å². The van der Waals surface area contributed by atoms with Crippen molar-refractivity contribution in [1.29, 1.82) is 0 Å². The summed E-state index contributed by atoms with van der Waals surface area (Å²) < 4.78 is 0. The van der Waals surface area contributed by atoms with Crippen LogP contribution in [0.3, 0.4) is 0 Å². The Morgan fingerprint density at radius 1 is 1.60 bits per heavy atom. The SMILES string of the molecule is C=NN/C(=C\N(C)/N=C\C=C/C)C(=O)O. The van der Waals surface area contributed by atoms with Crippen molar-refractivity contribution >= 4 is 18.9 Å². The van der Waals surface area contributed by atoms with Gasteiger partial charge in [-0.15, -0.1) is 0 Å². The molecule has 0 radical (unpaired) electrons. The Morgan fingerprint density at radius 2 is 2.27 bits per heavy atom. The zero-order valence-electron chi connectivity index (χ0n) is 8.71. The Balaban J connectivity index is 4.52. The Morgan fingerprint density at radius 3 is 2.73 bits per heavy atom. The molecule has 0 fully saturated rings. The molecule has 2 N–H and O–H groups in total. The molecule has 15 heavy (non-hydrogen) atoms. The molecule has 0 aliphatic carbocycles. The lowest BCUT2D eigenvalue weighted by Gasteiger charge is -2.07. The normalized spacial score (nSPS) is 12.0. The van der Waals surface area contributed by atoms with Crippen LogP contribution in [0.1, 0.15) is 6.92 Å². The summed E-state index contributed by atoms with van der Waals surface area (Å²) in [6, 6.07) is 0. The smallest absolute Gasteiger partial charge is 0.355 e. The fraction of sp³-hybridized carbons (Fsp3) is 0.222. The predicted molar refractivity (Wildman–Crippen MR) is 59.5 cm³/mol. The molecule has 0 aliphatic rings. The van der Waals surface area contributed by atoms with E-state index in [2.05, 4.69) is 22.3 Å². The molecule has 0 aromatic heterocycles. The number of nitrogens with zero attached hydrogens (tertiary/aromatic N) is 3. The first kappa shape index (κ1) is 12.9. The van der Waals surface area contributed by atoms with E-state index < -0.39 is 5.97 Å². The van der Waals surface area contributed by atoms with Crippen LogP contribution in [0.25, 0.3) is 0 Å². The molecular weight excluding hydrogens is 196 g/mol. The van der Waals surface area contributed by atoms with Gasteiger partial charge in [0.15, 0.2) is 5.70 Å². The largest absolute Gasteiger partial charge is 0.476 e. The lowest BCUT2D eigenvalue weighted by Crippen LogP contribution is -2.18. The van der Waals surface area contributed by atoms with Crippen LogP contribution in [0.2, 0.25) is 0 Å². The van der Waals surface area contributed by atoms with E-state index in [0.717, 1.165) is 0 Å². The number of carbonyl (C=O) groups is 1. The summed E-state index contributed by atoms with van der Waals surface area (Å²) in [7, 11) is 1.60. The van der Waals surface area contributed by atoms with E-state index in [1.54, 1.807) is 13.1 Å². The Kier molecular flexibility index (Phi) is 6.28. The van der Waals surface area contributed by atoms with Gasteiger partial charge in [-0.2, -0.15) is 10.2 Å². The topological polar surface area (TPSA) is 77.3 Å². The minimum atomic E-state index is -1.13. The maximum Gasteiger partial charge on any atom is 0.355 e. The molecule has 0 saturated heterocycles. The Bertz CT molecular complexity index is 307. The van der Waals surface area contributed by atoms with Crippen LogP contribution in [-0.4, -0.2) is 36.1 Å². The van der Waals surface area contributed by atoms with Crippen LogP contribution in [0.4, 0.5) is 0 Å². The first-order valence-electron chi connectivity index (χ1n) is 4.16. The third-order valence-electron chi connectivity index (χ3n) is 1.27. The molecule has 6 heteroatoms. The van der Waals surface area contributed by atoms with E-state index in [1.807, 2.05) is 13.0 Å². The highest BCUT2D eigenvalue weighted by atomic mass is 16.4. The number of hydrogen-bond donors (Lipinski definition) is 2. The number of hydrazone groups is 2. The summed E-state index contributed by atoms with van der Waals surface area (Å²) in [4.78, 5) is 10.6. The number of hydrogen-bond acceptors (Lipinski definition) is 5. The van der Waals surface area contributed by atoms with Crippen LogP contribution in [0.5, 0.6) is 0 Å². The number of nitrogens with one attached hydrogen (secondary N) is 1. The second kappa shape index (κ2) is 7.31. The van der Waals surface area contributed by atoms with Crippen molar-refractivity contribution < 1.29 is 9.90 Å². The molecule has 0 unspecified atom stereocenters. The Hall–Kier alpha value is -2.11. The number of allylic oxidation sites excluding steroid dienone is 2. The van der Waals surface area contributed by atoms with Gasteiger partial charge >= 0.3 is 5.97 Å². The van der Waals surface area contributed by atoms with Crippen molar-refractivity contribution in [3.8, 4) is 0 Å². The van der Waals surface area contributed by atoms with E-state index >= 15 is 0 Å². The molecule has 0 saturated carbocycles. The van der Waals surface area contributed by atoms with Crippen molar-refractivity contribution in [2.24, 2.45) is 10.2 Å². The van der Waals surface area contributed by atoms with Crippen LogP contribution in [-0.2, 0) is 4.79 Å². The molecule has 0 aromatic carbocycles. The minimum absolute atomic E-state index is 0.106. The summed E-state index contributed by atoms with van der Waals surface area (Å²) in [6.07, 6.45) is 6.36. The van der Waals surface area contributed by atoms with Gasteiger partial charge in [-0.3, -0.25) is 10.4 Å². The lowest BCUT2D eigenvalue weighted by molar-refractivity contribution is -0.133. The zero-order valence-corrected chi connectivity index (χ0v) is 8.71. The van der Waals surface area contributed by atoms with Crippen LogP contribution < -0.4 is 5.43 Å². The van der Waals surface area contributed by atoms with Crippen molar-refractivity contribution in [2.75, 3.05) is 7.05 Å². The van der Waals surface area contributed by atoms with E-state index in [1.165, 1.54) is 17.4 Å². The van der Waals surface area contributed by atoms with Gasteiger partial charge in [0.1, 0.15) is 0 Å². The van der Waals surface area contributed by atoms with Gasteiger partial charge in [-0.05, 0) is 13.0 Å². The molecule has 0 spiro atoms. The average molecular weight is 210 g/mol. The molecule has 0 rings (SSSR count). The van der Waals surface area contributed by atoms with Crippen LogP contribution in [0, 0.1) is 0 Å². The number of aliphatic carboxylic acids is 1. The van der Waals surface area contributed by atoms with Gasteiger partial charge in [0.05, 0.1) is 6.20 Å². The molecule has 0 bridgehead atoms. The summed E-state index contributed by atoms with van der Waals surface area (Å²) in [5, 5.41) is 17.2. The summed E-state index contributed by atoms with van der Waals surface area (Å²) >= 11 is 0. The van der Waals surface area contributed by atoms with Crippen LogP contribution in [0.15, 0.2) is 34.3 Å². The van der Waals surface area contributed by atoms with Crippen molar-refractivity contribution in [3.63, 3.8) is 0 Å². The van der Waals surface area contributed by atoms with E-state index in [-0.39, 0.29) is 5.70 Å². The molecule has 0 amide bonds. The Labute approximate surface area is 88.3 Å². The van der Waals surface area contributed by atoms with Crippen LogP contribution >= 0.6 is 0 Å². The fourth-order valence-electron chi connectivity index (χ4n) is 0.667. The van der Waals surface area contributed by atoms with Gasteiger partial charge in [-0.25, -0.2) is 4.79 Å². The van der Waals surface area contributed by atoms with Gasteiger partial charge in [0.25, 0.3) is 0 Å². The quantitative estimate of drug-likeness (QED) is 0.382. The summed E-state index contributed by atoms with van der Waals surface area (Å²) in [5.41, 5.74) is 2.14. The fourth-order valence-corrected chi connectivity index (χ4v) is 0.667. The van der Waals surface area contributed by atoms with E-state index in [0.29, 0.717) is 0 Å². The second-order valence-corrected chi connectivity index (χ2v) is 2.48. The molecule has 0 aliphatic heterocycles. The minimum Gasteiger partial charge on any atom is -0.476 e. The lowest BCUT2D eigenvalue weighted by atomic mass is 10.5. The highest BCUT2D eigenvalue weighted by Crippen LogP contribution is 1.93. The second-order valence-electron chi connectivity index (χ2n) is 2.48. The number of rotatable bonds is 6. The number of carboxylic acids is 1. The molecule has 82 valence electrons. The third-order valence-corrected chi connectivity index (χ3v) is 1.27. The van der Waals surface area contributed by atoms with Gasteiger partial charge < -0.3 is 5.11 Å². The average Bonchev–Trinajstić information content (AvgIpc) is 2.17. The van der Waals surface area contributed by atoms with E-state index in [4.69, 9.17) is 5.11 Å². The first-order valence-corrected chi connectivity index (χ1v) is 4.16. The molecule has 6 nitrogen and oxygen atoms in total. The van der Waals surface area contributed by atoms with Gasteiger partial charge in [0.2, 0.25) is 0 Å². The standard InChI is InChI=1S/C9H14N4O2/c1-4-5-6-11-13(3)7-8(9(14)15)12-10-2/h4-7,12H,2H2,1,3H3,(H,14,15)/b5-4-,8-7-,11-6-. The maximum atomic E-state index is 10.6. The highest BCUT2D eigenvalue weighted by molar-refractivity contribution is 5.85. The van der Waals surface area contributed by atoms with Crippen molar-refractivity contribution in [2.45, 2.75) is 6.92 Å². The van der Waals surface area contributed by atoms with Crippen molar-refractivity contribution in [3.05, 3.63) is 24.0 Å². The molecule has 0 heterocycles.